The van der Waals surface area contributed by atoms with Crippen molar-refractivity contribution in [3.05, 3.63) is 74.9 Å². The molecule has 0 radical (unpaired) electrons. The summed E-state index contributed by atoms with van der Waals surface area (Å²) in [6, 6.07) is 11.0. The van der Waals surface area contributed by atoms with Gasteiger partial charge in [-0.2, -0.15) is 0 Å². The second-order valence-corrected chi connectivity index (χ2v) is 6.59. The van der Waals surface area contributed by atoms with E-state index in [1.165, 1.54) is 23.5 Å². The summed E-state index contributed by atoms with van der Waals surface area (Å²) in [5, 5.41) is 5.70. The van der Waals surface area contributed by atoms with Crippen molar-refractivity contribution >= 4 is 34.5 Å². The highest BCUT2D eigenvalue weighted by Gasteiger charge is 2.13. The van der Waals surface area contributed by atoms with Crippen LogP contribution in [0.25, 0.3) is 0 Å². The summed E-state index contributed by atoms with van der Waals surface area (Å²) in [6.45, 7) is 2.04. The molecule has 3 aromatic rings. The van der Waals surface area contributed by atoms with Crippen molar-refractivity contribution in [3.63, 3.8) is 0 Å². The molecule has 1 N–H and O–H groups in total. The third-order valence-corrected chi connectivity index (χ3v) is 4.71. The zero-order valence-electron chi connectivity index (χ0n) is 13.3. The number of ether oxygens (including phenoxy) is 1. The quantitative estimate of drug-likeness (QED) is 0.675. The summed E-state index contributed by atoms with van der Waals surface area (Å²) >= 11 is 7.37. The highest BCUT2D eigenvalue weighted by atomic mass is 35.5. The van der Waals surface area contributed by atoms with Crippen LogP contribution in [0.4, 0.5) is 10.1 Å². The fourth-order valence-electron chi connectivity index (χ4n) is 2.09. The Morgan fingerprint density at radius 1 is 1.28 bits per heavy atom. The molecule has 128 valence electrons. The molecular formula is C18H14ClFN2O2S. The van der Waals surface area contributed by atoms with Crippen LogP contribution < -0.4 is 10.1 Å². The number of benzene rings is 2. The van der Waals surface area contributed by atoms with Gasteiger partial charge >= 0.3 is 0 Å². The maximum Gasteiger partial charge on any atom is 0.275 e. The minimum atomic E-state index is -0.322. The smallest absolute Gasteiger partial charge is 0.275 e. The van der Waals surface area contributed by atoms with Crippen LogP contribution in [-0.4, -0.2) is 10.9 Å². The molecule has 0 atom stereocenters. The molecule has 0 aliphatic rings. The van der Waals surface area contributed by atoms with Crippen molar-refractivity contribution in [1.29, 1.82) is 0 Å². The number of hydrogen-bond acceptors (Lipinski definition) is 4. The maximum absolute atomic E-state index is 12.9. The first kappa shape index (κ1) is 17.4. The molecule has 0 fully saturated rings. The van der Waals surface area contributed by atoms with Gasteiger partial charge in [0.25, 0.3) is 5.91 Å². The standard InChI is InChI=1S/C18H14ClFN2O2S/c1-11-14(19)3-2-4-15(11)22-18(23)16-10-25-17(21-16)9-24-13-7-5-12(20)6-8-13/h2-8,10H,9H2,1H3,(H,22,23). The van der Waals surface area contributed by atoms with E-state index in [9.17, 15) is 9.18 Å². The number of rotatable bonds is 5. The summed E-state index contributed by atoms with van der Waals surface area (Å²) < 4.78 is 18.4. The molecule has 0 aliphatic carbocycles. The van der Waals surface area contributed by atoms with Crippen LogP contribution >= 0.6 is 22.9 Å². The number of thiazole rings is 1. The molecular weight excluding hydrogens is 363 g/mol. The molecule has 0 saturated carbocycles. The van der Waals surface area contributed by atoms with Crippen molar-refractivity contribution in [3.8, 4) is 5.75 Å². The number of amides is 1. The highest BCUT2D eigenvalue weighted by molar-refractivity contribution is 7.09. The van der Waals surface area contributed by atoms with E-state index in [4.69, 9.17) is 16.3 Å². The molecule has 3 rings (SSSR count). The molecule has 0 spiro atoms. The van der Waals surface area contributed by atoms with Crippen LogP contribution in [0.15, 0.2) is 47.8 Å². The van der Waals surface area contributed by atoms with Crippen molar-refractivity contribution < 1.29 is 13.9 Å². The Morgan fingerprint density at radius 2 is 2.04 bits per heavy atom. The molecule has 4 nitrogen and oxygen atoms in total. The lowest BCUT2D eigenvalue weighted by molar-refractivity contribution is 0.102. The molecule has 2 aromatic carbocycles. The number of aromatic nitrogens is 1. The van der Waals surface area contributed by atoms with Gasteiger partial charge in [0.1, 0.15) is 28.9 Å². The average molecular weight is 377 g/mol. The first-order valence-corrected chi connectivity index (χ1v) is 8.68. The number of carbonyl (C=O) groups excluding carboxylic acids is 1. The van der Waals surface area contributed by atoms with E-state index in [0.29, 0.717) is 27.2 Å². The molecule has 0 bridgehead atoms. The van der Waals surface area contributed by atoms with Crippen LogP contribution in [0.3, 0.4) is 0 Å². The monoisotopic (exact) mass is 376 g/mol. The number of nitrogens with zero attached hydrogens (tertiary/aromatic N) is 1. The first-order valence-electron chi connectivity index (χ1n) is 7.42. The predicted octanol–water partition coefficient (Wildman–Crippen LogP) is 5.08. The number of carbonyl (C=O) groups is 1. The molecule has 0 saturated heterocycles. The lowest BCUT2D eigenvalue weighted by atomic mass is 10.2. The van der Waals surface area contributed by atoms with Crippen molar-refractivity contribution in [2.45, 2.75) is 13.5 Å². The zero-order valence-corrected chi connectivity index (χ0v) is 14.8. The fraction of sp³-hybridized carbons (Fsp3) is 0.111. The second-order valence-electron chi connectivity index (χ2n) is 5.24. The van der Waals surface area contributed by atoms with E-state index in [1.54, 1.807) is 35.7 Å². The molecule has 0 aliphatic heterocycles. The SMILES string of the molecule is Cc1c(Cl)cccc1NC(=O)c1csc(COc2ccc(F)cc2)n1. The van der Waals surface area contributed by atoms with Gasteiger partial charge in [0.05, 0.1) is 0 Å². The first-order chi connectivity index (χ1) is 12.0. The molecule has 1 aromatic heterocycles. The summed E-state index contributed by atoms with van der Waals surface area (Å²) in [5.74, 6) is -0.0938. The Kier molecular flexibility index (Phi) is 5.31. The summed E-state index contributed by atoms with van der Waals surface area (Å²) in [7, 11) is 0. The molecule has 25 heavy (non-hydrogen) atoms. The van der Waals surface area contributed by atoms with Gasteiger partial charge in [-0.05, 0) is 48.9 Å². The van der Waals surface area contributed by atoms with Crippen molar-refractivity contribution in [1.82, 2.24) is 4.98 Å². The Bertz CT molecular complexity index is 896. The Morgan fingerprint density at radius 3 is 2.80 bits per heavy atom. The summed E-state index contributed by atoms with van der Waals surface area (Å²) in [4.78, 5) is 16.6. The minimum Gasteiger partial charge on any atom is -0.486 e. The van der Waals surface area contributed by atoms with Gasteiger partial charge in [-0.25, -0.2) is 9.37 Å². The zero-order chi connectivity index (χ0) is 17.8. The summed E-state index contributed by atoms with van der Waals surface area (Å²) in [5.41, 5.74) is 1.75. The van der Waals surface area contributed by atoms with E-state index in [-0.39, 0.29) is 18.3 Å². The lowest BCUT2D eigenvalue weighted by Crippen LogP contribution is -2.13. The lowest BCUT2D eigenvalue weighted by Gasteiger charge is -2.08. The second kappa shape index (κ2) is 7.63. The van der Waals surface area contributed by atoms with E-state index in [1.807, 2.05) is 6.92 Å². The van der Waals surface area contributed by atoms with Gasteiger partial charge in [-0.1, -0.05) is 17.7 Å². The number of anilines is 1. The van der Waals surface area contributed by atoms with E-state index in [0.717, 1.165) is 5.56 Å². The molecule has 0 unspecified atom stereocenters. The third-order valence-electron chi connectivity index (χ3n) is 3.48. The fourth-order valence-corrected chi connectivity index (χ4v) is 2.95. The topological polar surface area (TPSA) is 51.2 Å². The van der Waals surface area contributed by atoms with E-state index in [2.05, 4.69) is 10.3 Å². The van der Waals surface area contributed by atoms with Crippen LogP contribution in [0.1, 0.15) is 21.1 Å². The predicted molar refractivity (Wildman–Crippen MR) is 97.0 cm³/mol. The van der Waals surface area contributed by atoms with Gasteiger partial charge in [0, 0.05) is 16.1 Å². The van der Waals surface area contributed by atoms with Crippen molar-refractivity contribution in [2.75, 3.05) is 5.32 Å². The Labute approximate surface area is 153 Å². The van der Waals surface area contributed by atoms with Gasteiger partial charge in [0.2, 0.25) is 0 Å². The minimum absolute atomic E-state index is 0.208. The Hall–Kier alpha value is -2.44. The Balaban J connectivity index is 1.63. The molecule has 7 heteroatoms. The van der Waals surface area contributed by atoms with Crippen LogP contribution in [-0.2, 0) is 6.61 Å². The van der Waals surface area contributed by atoms with Gasteiger partial charge in [-0.15, -0.1) is 11.3 Å². The van der Waals surface area contributed by atoms with Crippen LogP contribution in [0.2, 0.25) is 5.02 Å². The summed E-state index contributed by atoms with van der Waals surface area (Å²) in [6.07, 6.45) is 0. The van der Waals surface area contributed by atoms with Gasteiger partial charge < -0.3 is 10.1 Å². The van der Waals surface area contributed by atoms with Gasteiger partial charge in [0.15, 0.2) is 0 Å². The maximum atomic E-state index is 12.9. The van der Waals surface area contributed by atoms with Crippen LogP contribution in [0.5, 0.6) is 5.75 Å². The number of hydrogen-bond donors (Lipinski definition) is 1. The highest BCUT2D eigenvalue weighted by Crippen LogP contribution is 2.24. The van der Waals surface area contributed by atoms with E-state index < -0.39 is 0 Å². The third kappa shape index (κ3) is 4.35. The largest absolute Gasteiger partial charge is 0.486 e. The molecule has 1 amide bonds. The normalized spacial score (nSPS) is 10.5. The van der Waals surface area contributed by atoms with E-state index >= 15 is 0 Å². The van der Waals surface area contributed by atoms with Crippen LogP contribution in [0, 0.1) is 12.7 Å². The van der Waals surface area contributed by atoms with Crippen molar-refractivity contribution in [2.24, 2.45) is 0 Å². The average Bonchev–Trinajstić information content (AvgIpc) is 3.08. The number of nitrogens with one attached hydrogen (secondary N) is 1. The molecule has 1 heterocycles. The van der Waals surface area contributed by atoms with Gasteiger partial charge in [-0.3, -0.25) is 4.79 Å². The number of halogens is 2.